The number of amides is 2. The first-order valence-electron chi connectivity index (χ1n) is 14.5. The first-order valence-corrected chi connectivity index (χ1v) is 14.5. The number of aromatic amines is 1. The lowest BCUT2D eigenvalue weighted by molar-refractivity contribution is -0.123. The molecule has 1 aliphatic heterocycles. The zero-order valence-electron chi connectivity index (χ0n) is 23.9. The summed E-state index contributed by atoms with van der Waals surface area (Å²) in [5.41, 5.74) is 5.03. The lowest BCUT2D eigenvalue weighted by Gasteiger charge is -2.33. The lowest BCUT2D eigenvalue weighted by atomic mass is 9.75. The van der Waals surface area contributed by atoms with Gasteiger partial charge >= 0.3 is 0 Å². The summed E-state index contributed by atoms with van der Waals surface area (Å²) in [5.74, 6) is -0.519. The molecule has 2 aromatic rings. The summed E-state index contributed by atoms with van der Waals surface area (Å²) in [4.78, 5) is 32.0. The van der Waals surface area contributed by atoms with Gasteiger partial charge in [-0.3, -0.25) is 14.5 Å². The molecule has 0 spiro atoms. The number of aromatic nitrogens is 1. The van der Waals surface area contributed by atoms with Crippen LogP contribution < -0.4 is 10.6 Å². The van der Waals surface area contributed by atoms with Crippen LogP contribution >= 0.6 is 0 Å². The Balaban J connectivity index is 1.35. The molecule has 7 nitrogen and oxygen atoms in total. The number of halogens is 1. The number of hydrogen-bond donors (Lipinski definition) is 4. The third-order valence-electron chi connectivity index (χ3n) is 8.22. The molecule has 0 radical (unpaired) electrons. The van der Waals surface area contributed by atoms with Crippen LogP contribution in [-0.4, -0.2) is 52.1 Å². The summed E-state index contributed by atoms with van der Waals surface area (Å²) < 4.78 is 13.4. The van der Waals surface area contributed by atoms with Gasteiger partial charge in [-0.05, 0) is 61.1 Å². The molecule has 39 heavy (non-hydrogen) atoms. The number of piperidine rings is 1. The third kappa shape index (κ3) is 7.48. The Morgan fingerprint density at radius 2 is 1.85 bits per heavy atom. The second-order valence-corrected chi connectivity index (χ2v) is 12.2. The van der Waals surface area contributed by atoms with Crippen LogP contribution in [0.1, 0.15) is 104 Å². The van der Waals surface area contributed by atoms with Crippen LogP contribution in [0.4, 0.5) is 4.39 Å². The topological polar surface area (TPSA) is 97.5 Å². The average Bonchev–Trinajstić information content (AvgIpc) is 3.22. The van der Waals surface area contributed by atoms with Crippen LogP contribution in [0.3, 0.4) is 0 Å². The van der Waals surface area contributed by atoms with Gasteiger partial charge < -0.3 is 20.7 Å². The molecule has 1 aliphatic carbocycles. The van der Waals surface area contributed by atoms with Crippen LogP contribution in [0.25, 0.3) is 0 Å². The lowest BCUT2D eigenvalue weighted by Crippen LogP contribution is -2.46. The zero-order chi connectivity index (χ0) is 28.2. The second-order valence-electron chi connectivity index (χ2n) is 12.2. The van der Waals surface area contributed by atoms with Gasteiger partial charge in [0.25, 0.3) is 5.91 Å². The molecular weight excluding hydrogens is 495 g/mol. The molecule has 2 atom stereocenters. The number of nitrogens with one attached hydrogen (secondary N) is 3. The highest BCUT2D eigenvalue weighted by molar-refractivity contribution is 5.97. The Hall–Kier alpha value is -2.71. The molecule has 0 saturated carbocycles. The summed E-state index contributed by atoms with van der Waals surface area (Å²) in [6.45, 7) is 10.9. The van der Waals surface area contributed by atoms with Crippen molar-refractivity contribution in [3.05, 3.63) is 57.9 Å². The molecule has 1 fully saturated rings. The monoisotopic (exact) mass is 540 g/mol. The number of alkyl halides is 1. The van der Waals surface area contributed by atoms with Gasteiger partial charge in [0.1, 0.15) is 17.9 Å². The maximum absolute atomic E-state index is 13.4. The molecular formula is C31H45FN4O3. The summed E-state index contributed by atoms with van der Waals surface area (Å²) in [6.07, 6.45) is 3.64. The standard InChI is InChI=1S/C31H45FN4O3/c1-5-6-7-24(35-30(39)28-20(2)27-25(34-28)16-31(3,4)17-26(27)37)29(38)33-18-21-8-10-22(11-9-21)19-36-14-12-23(32)13-15-36/h8-11,23-24,26,34,37H,5-7,12-19H2,1-4H3,(H,33,38)(H,35,39). The largest absolute Gasteiger partial charge is 0.388 e. The Morgan fingerprint density at radius 3 is 2.51 bits per heavy atom. The van der Waals surface area contributed by atoms with E-state index in [0.29, 0.717) is 37.9 Å². The smallest absolute Gasteiger partial charge is 0.268 e. The number of unbranched alkanes of at least 4 members (excludes halogenated alkanes) is 1. The number of aliphatic hydroxyl groups is 1. The van der Waals surface area contributed by atoms with E-state index in [1.807, 2.05) is 19.1 Å². The number of carbonyl (C=O) groups excluding carboxylic acids is 2. The van der Waals surface area contributed by atoms with Crippen molar-refractivity contribution in [1.29, 1.82) is 0 Å². The van der Waals surface area contributed by atoms with Gasteiger partial charge in [0.15, 0.2) is 0 Å². The summed E-state index contributed by atoms with van der Waals surface area (Å²) >= 11 is 0. The molecule has 1 aromatic heterocycles. The van der Waals surface area contributed by atoms with Crippen LogP contribution in [0.15, 0.2) is 24.3 Å². The molecule has 214 valence electrons. The molecule has 1 aromatic carbocycles. The van der Waals surface area contributed by atoms with Gasteiger partial charge in [-0.1, -0.05) is 57.9 Å². The van der Waals surface area contributed by atoms with Crippen molar-refractivity contribution in [1.82, 2.24) is 20.5 Å². The highest BCUT2D eigenvalue weighted by Crippen LogP contribution is 2.42. The number of hydrogen-bond acceptors (Lipinski definition) is 4. The van der Waals surface area contributed by atoms with E-state index in [-0.39, 0.29) is 17.2 Å². The fraction of sp³-hybridized carbons (Fsp3) is 0.613. The SMILES string of the molecule is CCCCC(NC(=O)c1[nH]c2c(c1C)C(O)CC(C)(C)C2)C(=O)NCc1ccc(CN2CCC(F)CC2)cc1. The molecule has 2 aliphatic rings. The minimum Gasteiger partial charge on any atom is -0.388 e. The van der Waals surface area contributed by atoms with Gasteiger partial charge in [-0.25, -0.2) is 4.39 Å². The van der Waals surface area contributed by atoms with Crippen LogP contribution in [-0.2, 0) is 24.3 Å². The molecule has 1 saturated heterocycles. The van der Waals surface area contributed by atoms with Crippen molar-refractivity contribution in [3.8, 4) is 0 Å². The minimum absolute atomic E-state index is 0.0499. The predicted molar refractivity (Wildman–Crippen MR) is 151 cm³/mol. The number of H-pyrrole nitrogens is 1. The predicted octanol–water partition coefficient (Wildman–Crippen LogP) is 4.87. The number of benzene rings is 1. The van der Waals surface area contributed by atoms with E-state index in [1.165, 1.54) is 5.56 Å². The zero-order valence-corrected chi connectivity index (χ0v) is 23.9. The van der Waals surface area contributed by atoms with Crippen molar-refractivity contribution in [2.24, 2.45) is 5.41 Å². The number of likely N-dealkylation sites (tertiary alicyclic amines) is 1. The molecule has 4 rings (SSSR count). The van der Waals surface area contributed by atoms with Crippen LogP contribution in [0, 0.1) is 12.3 Å². The van der Waals surface area contributed by atoms with E-state index in [2.05, 4.69) is 53.4 Å². The fourth-order valence-corrected chi connectivity index (χ4v) is 5.97. The van der Waals surface area contributed by atoms with Crippen LogP contribution in [0.5, 0.6) is 0 Å². The van der Waals surface area contributed by atoms with Crippen molar-refractivity contribution >= 4 is 11.8 Å². The van der Waals surface area contributed by atoms with Gasteiger partial charge in [0, 0.05) is 37.4 Å². The number of aliphatic hydroxyl groups excluding tert-OH is 1. The van der Waals surface area contributed by atoms with E-state index >= 15 is 0 Å². The van der Waals surface area contributed by atoms with Gasteiger partial charge in [-0.15, -0.1) is 0 Å². The first kappa shape index (κ1) is 29.3. The molecule has 4 N–H and O–H groups in total. The van der Waals surface area contributed by atoms with Crippen molar-refractivity contribution in [2.75, 3.05) is 13.1 Å². The maximum Gasteiger partial charge on any atom is 0.268 e. The number of rotatable bonds is 10. The Bertz CT molecular complexity index is 1140. The number of nitrogens with zero attached hydrogens (tertiary/aromatic N) is 1. The second kappa shape index (κ2) is 12.6. The van der Waals surface area contributed by atoms with Crippen molar-refractivity contribution in [2.45, 2.75) is 104 Å². The third-order valence-corrected chi connectivity index (χ3v) is 8.22. The van der Waals surface area contributed by atoms with Crippen molar-refractivity contribution < 1.29 is 19.1 Å². The maximum atomic E-state index is 13.4. The molecule has 2 heterocycles. The van der Waals surface area contributed by atoms with Gasteiger partial charge in [0.2, 0.25) is 5.91 Å². The summed E-state index contributed by atoms with van der Waals surface area (Å²) in [5, 5.41) is 16.7. The van der Waals surface area contributed by atoms with E-state index < -0.39 is 18.3 Å². The van der Waals surface area contributed by atoms with Crippen molar-refractivity contribution in [3.63, 3.8) is 0 Å². The van der Waals surface area contributed by atoms with Gasteiger partial charge in [0.05, 0.1) is 6.10 Å². The van der Waals surface area contributed by atoms with E-state index in [0.717, 1.165) is 61.3 Å². The average molecular weight is 541 g/mol. The highest BCUT2D eigenvalue weighted by atomic mass is 19.1. The van der Waals surface area contributed by atoms with E-state index in [4.69, 9.17) is 0 Å². The van der Waals surface area contributed by atoms with E-state index in [1.54, 1.807) is 0 Å². The number of fused-ring (bicyclic) bond motifs is 1. The Labute approximate surface area is 231 Å². The van der Waals surface area contributed by atoms with Crippen LogP contribution in [0.2, 0.25) is 0 Å². The Kier molecular flexibility index (Phi) is 9.49. The normalized spacial score (nSPS) is 20.3. The molecule has 2 unspecified atom stereocenters. The molecule has 2 amide bonds. The molecule has 8 heteroatoms. The fourth-order valence-electron chi connectivity index (χ4n) is 5.97. The highest BCUT2D eigenvalue weighted by Gasteiger charge is 2.36. The summed E-state index contributed by atoms with van der Waals surface area (Å²) in [6, 6.07) is 7.50. The first-order chi connectivity index (χ1) is 18.6. The number of carbonyl (C=O) groups is 2. The Morgan fingerprint density at radius 1 is 1.18 bits per heavy atom. The minimum atomic E-state index is -0.671. The quantitative estimate of drug-likeness (QED) is 0.346. The summed E-state index contributed by atoms with van der Waals surface area (Å²) in [7, 11) is 0. The van der Waals surface area contributed by atoms with E-state index in [9.17, 15) is 19.1 Å². The molecule has 0 bridgehead atoms. The van der Waals surface area contributed by atoms with Gasteiger partial charge in [-0.2, -0.15) is 0 Å².